The molecule has 0 heterocycles. The quantitative estimate of drug-likeness (QED) is 0.173. The minimum Gasteiger partial charge on any atom is -0.463 e. The molecular formula is C4H7IN2O3. The van der Waals surface area contributed by atoms with E-state index in [4.69, 9.17) is 9.94 Å². The van der Waals surface area contributed by atoms with E-state index in [1.54, 1.807) is 0 Å². The van der Waals surface area contributed by atoms with E-state index in [1.165, 1.54) is 12.5 Å². The molecule has 0 rings (SSSR count). The number of halogens is 1. The summed E-state index contributed by atoms with van der Waals surface area (Å²) < 4.78 is 5.03. The average Bonchev–Trinajstić information content (AvgIpc) is 1.99. The number of nitrogens with one attached hydrogen (secondary N) is 1. The van der Waals surface area contributed by atoms with Crippen LogP contribution in [0.25, 0.3) is 0 Å². The Morgan fingerprint density at radius 3 is 2.80 bits per heavy atom. The summed E-state index contributed by atoms with van der Waals surface area (Å²) in [5, 5.41) is 8.10. The maximum Gasteiger partial charge on any atom is 0.329 e. The van der Waals surface area contributed by atoms with Gasteiger partial charge in [0.15, 0.2) is 0 Å². The Balaban J connectivity index is 3.95. The van der Waals surface area contributed by atoms with Crippen LogP contribution in [-0.4, -0.2) is 28.7 Å². The Hall–Kier alpha value is -0.370. The van der Waals surface area contributed by atoms with Crippen LogP contribution in [0.4, 0.5) is 0 Å². The number of hydrogen-bond acceptors (Lipinski definition) is 4. The van der Waals surface area contributed by atoms with Gasteiger partial charge in [0, 0.05) is 7.05 Å². The zero-order valence-electron chi connectivity index (χ0n) is 5.30. The Kier molecular flexibility index (Phi) is 5.22. The molecule has 2 N–H and O–H groups in total. The van der Waals surface area contributed by atoms with Crippen LogP contribution >= 0.6 is 22.6 Å². The molecule has 0 aliphatic rings. The first kappa shape index (κ1) is 9.63. The smallest absolute Gasteiger partial charge is 0.329 e. The Morgan fingerprint density at radius 2 is 2.50 bits per heavy atom. The molecule has 6 heteroatoms. The zero-order chi connectivity index (χ0) is 7.98. The molecule has 0 saturated heterocycles. The normalized spacial score (nSPS) is 10.9. The number of carbonyl (C=O) groups is 1. The van der Waals surface area contributed by atoms with Gasteiger partial charge >= 0.3 is 5.91 Å². The summed E-state index contributed by atoms with van der Waals surface area (Å²) in [6.07, 6.45) is 0. The number of amides is 1. The molecule has 0 aliphatic carbocycles. The number of hydroxylamine groups is 1. The van der Waals surface area contributed by atoms with Crippen molar-refractivity contribution in [3.8, 4) is 0 Å². The molecule has 58 valence electrons. The molecule has 0 saturated carbocycles. The van der Waals surface area contributed by atoms with Gasteiger partial charge in [0.1, 0.15) is 4.61 Å². The maximum atomic E-state index is 10.5. The fourth-order valence-corrected chi connectivity index (χ4v) is 0.626. The van der Waals surface area contributed by atoms with E-state index >= 15 is 0 Å². The Labute approximate surface area is 71.6 Å². The monoisotopic (exact) mass is 258 g/mol. The lowest BCUT2D eigenvalue weighted by atomic mass is 10.6. The van der Waals surface area contributed by atoms with E-state index < -0.39 is 5.91 Å². The predicted octanol–water partition coefficient (Wildman–Crippen LogP) is -0.0708. The van der Waals surface area contributed by atoms with Crippen LogP contribution < -0.4 is 5.48 Å². The number of nitrogens with zero attached hydrogens (tertiary/aromatic N) is 1. The fraction of sp³-hybridized carbons (Fsp3) is 0.500. The van der Waals surface area contributed by atoms with E-state index in [0.29, 0.717) is 4.61 Å². The highest BCUT2D eigenvalue weighted by Gasteiger charge is 2.08. The summed E-state index contributed by atoms with van der Waals surface area (Å²) in [6.45, 7) is 0. The molecule has 0 aromatic carbocycles. The van der Waals surface area contributed by atoms with Gasteiger partial charge < -0.3 is 4.74 Å². The van der Waals surface area contributed by atoms with Gasteiger partial charge in [-0.25, -0.2) is 5.48 Å². The SMILES string of the molecule is C/N=C(\OCI)C(=O)NO. The molecule has 0 atom stereocenters. The van der Waals surface area contributed by atoms with Crippen molar-refractivity contribution >= 4 is 34.4 Å². The standard InChI is InChI=1S/C4H7IN2O3/c1-6-4(10-2-5)3(8)7-9/h9H,2H2,1H3,(H,7,8)/b6-4-. The summed E-state index contributed by atoms with van der Waals surface area (Å²) in [5.74, 6) is -0.865. The van der Waals surface area contributed by atoms with Crippen LogP contribution in [0.2, 0.25) is 0 Å². The maximum absolute atomic E-state index is 10.5. The highest BCUT2D eigenvalue weighted by atomic mass is 127. The Morgan fingerprint density at radius 1 is 1.90 bits per heavy atom. The van der Waals surface area contributed by atoms with Gasteiger partial charge in [0.2, 0.25) is 0 Å². The molecule has 0 aromatic rings. The van der Waals surface area contributed by atoms with Crippen molar-refractivity contribution in [2.24, 2.45) is 4.99 Å². The third-order valence-corrected chi connectivity index (χ3v) is 1.00. The number of ether oxygens (including phenoxy) is 1. The van der Waals surface area contributed by atoms with Crippen molar-refractivity contribution in [2.45, 2.75) is 0 Å². The molecular weight excluding hydrogens is 251 g/mol. The van der Waals surface area contributed by atoms with Crippen molar-refractivity contribution < 1.29 is 14.7 Å². The molecule has 0 unspecified atom stereocenters. The number of carbonyl (C=O) groups excluding carboxylic acids is 1. The minimum atomic E-state index is -0.737. The molecule has 0 spiro atoms. The highest BCUT2D eigenvalue weighted by molar-refractivity contribution is 14.1. The lowest BCUT2D eigenvalue weighted by Crippen LogP contribution is -2.29. The number of rotatable bonds is 1. The van der Waals surface area contributed by atoms with Gasteiger partial charge in [-0.1, -0.05) is 0 Å². The molecule has 0 aliphatic heterocycles. The first-order valence-electron chi connectivity index (χ1n) is 2.36. The van der Waals surface area contributed by atoms with Gasteiger partial charge in [0.25, 0.3) is 5.90 Å². The number of alkyl halides is 1. The van der Waals surface area contributed by atoms with Gasteiger partial charge in [-0.2, -0.15) is 0 Å². The molecule has 0 fully saturated rings. The van der Waals surface area contributed by atoms with Crippen LogP contribution in [0.15, 0.2) is 4.99 Å². The molecule has 0 radical (unpaired) electrons. The summed E-state index contributed by atoms with van der Waals surface area (Å²) in [4.78, 5) is 14.0. The van der Waals surface area contributed by atoms with Crippen LogP contribution in [-0.2, 0) is 9.53 Å². The minimum absolute atomic E-state index is 0.128. The molecule has 0 aromatic heterocycles. The van der Waals surface area contributed by atoms with Crippen LogP contribution in [0.1, 0.15) is 0 Å². The molecule has 1 amide bonds. The largest absolute Gasteiger partial charge is 0.463 e. The van der Waals surface area contributed by atoms with Crippen molar-refractivity contribution in [1.29, 1.82) is 0 Å². The van der Waals surface area contributed by atoms with Crippen LogP contribution in [0, 0.1) is 0 Å². The second kappa shape index (κ2) is 5.42. The highest BCUT2D eigenvalue weighted by Crippen LogP contribution is 1.87. The third-order valence-electron chi connectivity index (χ3n) is 0.690. The van der Waals surface area contributed by atoms with Crippen molar-refractivity contribution in [1.82, 2.24) is 5.48 Å². The van der Waals surface area contributed by atoms with E-state index in [2.05, 4.69) is 4.99 Å². The van der Waals surface area contributed by atoms with Gasteiger partial charge in [0.05, 0.1) is 0 Å². The summed E-state index contributed by atoms with van der Waals surface area (Å²) >= 11 is 1.91. The molecule has 5 nitrogen and oxygen atoms in total. The van der Waals surface area contributed by atoms with E-state index in [0.717, 1.165) is 0 Å². The molecule has 10 heavy (non-hydrogen) atoms. The summed E-state index contributed by atoms with van der Waals surface area (Å²) in [6, 6.07) is 0. The van der Waals surface area contributed by atoms with Gasteiger partial charge in [-0.3, -0.25) is 15.0 Å². The lowest BCUT2D eigenvalue weighted by molar-refractivity contribution is -0.123. The summed E-state index contributed by atoms with van der Waals surface area (Å²) in [7, 11) is 1.40. The predicted molar refractivity (Wildman–Crippen MR) is 43.3 cm³/mol. The van der Waals surface area contributed by atoms with E-state index in [1.807, 2.05) is 22.6 Å². The van der Waals surface area contributed by atoms with Crippen molar-refractivity contribution in [3.05, 3.63) is 0 Å². The van der Waals surface area contributed by atoms with Gasteiger partial charge in [-0.05, 0) is 22.6 Å². The summed E-state index contributed by atoms with van der Waals surface area (Å²) in [5.41, 5.74) is 1.40. The fourth-order valence-electron chi connectivity index (χ4n) is 0.331. The second-order valence-electron chi connectivity index (χ2n) is 1.22. The van der Waals surface area contributed by atoms with Gasteiger partial charge in [-0.15, -0.1) is 0 Å². The topological polar surface area (TPSA) is 70.9 Å². The number of hydrogen-bond donors (Lipinski definition) is 2. The lowest BCUT2D eigenvalue weighted by Gasteiger charge is -2.01. The first-order valence-corrected chi connectivity index (χ1v) is 3.88. The van der Waals surface area contributed by atoms with Crippen LogP contribution in [0.5, 0.6) is 0 Å². The second-order valence-corrected chi connectivity index (χ2v) is 1.85. The number of aliphatic imine (C=N–C) groups is 1. The van der Waals surface area contributed by atoms with E-state index in [-0.39, 0.29) is 5.90 Å². The van der Waals surface area contributed by atoms with E-state index in [9.17, 15) is 4.79 Å². The average molecular weight is 258 g/mol. The zero-order valence-corrected chi connectivity index (χ0v) is 7.45. The van der Waals surface area contributed by atoms with Crippen molar-refractivity contribution in [2.75, 3.05) is 11.7 Å². The third kappa shape index (κ3) is 2.97. The van der Waals surface area contributed by atoms with Crippen LogP contribution in [0.3, 0.4) is 0 Å². The first-order chi connectivity index (χ1) is 4.76. The Bertz CT molecular complexity index is 147. The van der Waals surface area contributed by atoms with Crippen molar-refractivity contribution in [3.63, 3.8) is 0 Å². The molecule has 0 bridgehead atoms.